The van der Waals surface area contributed by atoms with Gasteiger partial charge in [0.05, 0.1) is 17.4 Å². The monoisotopic (exact) mass is 515 g/mol. The molecule has 0 saturated heterocycles. The van der Waals surface area contributed by atoms with Crippen molar-refractivity contribution in [1.82, 2.24) is 0 Å². The number of pyridine rings is 1. The fourth-order valence-electron chi connectivity index (χ4n) is 6.29. The number of aromatic nitrogens is 1. The van der Waals surface area contributed by atoms with Crippen LogP contribution in [0.15, 0.2) is 70.6 Å². The first-order valence-electron chi connectivity index (χ1n) is 13.5. The number of rotatable bonds is 3. The molecule has 2 heterocycles. The molecule has 3 heteroatoms. The molecular formula is C35H35N2S+. The minimum absolute atomic E-state index is 0.175. The van der Waals surface area contributed by atoms with E-state index in [0.29, 0.717) is 0 Å². The third kappa shape index (κ3) is 3.89. The Bertz CT molecular complexity index is 1830. The Morgan fingerprint density at radius 3 is 2.32 bits per heavy atom. The van der Waals surface area contributed by atoms with Crippen molar-refractivity contribution in [3.8, 4) is 11.3 Å². The quantitative estimate of drug-likeness (QED) is 0.130. The van der Waals surface area contributed by atoms with Crippen LogP contribution >= 0.6 is 11.8 Å². The fourth-order valence-corrected chi connectivity index (χ4v) is 7.66. The summed E-state index contributed by atoms with van der Waals surface area (Å²) in [5.41, 5.74) is 6.52. The van der Waals surface area contributed by atoms with Crippen molar-refractivity contribution in [2.75, 3.05) is 0 Å². The van der Waals surface area contributed by atoms with Crippen LogP contribution in [0.25, 0.3) is 48.4 Å². The molecule has 190 valence electrons. The summed E-state index contributed by atoms with van der Waals surface area (Å²) in [5, 5.41) is 7.93. The molecule has 0 aliphatic carbocycles. The van der Waals surface area contributed by atoms with Crippen LogP contribution in [0.1, 0.15) is 51.3 Å². The molecule has 0 saturated carbocycles. The summed E-state index contributed by atoms with van der Waals surface area (Å²) in [6.45, 7) is 21.2. The van der Waals surface area contributed by atoms with Crippen LogP contribution in [-0.4, -0.2) is 5.54 Å². The number of nitrogens with zero attached hydrogens (tertiary/aromatic N) is 2. The lowest BCUT2D eigenvalue weighted by Crippen LogP contribution is -2.32. The number of hydrogen-bond donors (Lipinski definition) is 0. The standard InChI is InChI=1S/C35H35N2S/c1-21-24-14-9-10-15-25(24)27(20-34(2,3)4)33-29(21)32-31-26(16-17-37(32)8)30-22(18-28(31)38-33)12-11-13-23(30)19-35(5,6)36-7/h9-18H,19-20H2,1-6,8H3/q+1. The number of fused-ring (bicyclic) bond motifs is 5. The lowest BCUT2D eigenvalue weighted by molar-refractivity contribution is -0.659. The maximum Gasteiger partial charge on any atom is 0.231 e. The zero-order valence-corrected chi connectivity index (χ0v) is 24.3. The van der Waals surface area contributed by atoms with Crippen LogP contribution in [0.4, 0.5) is 0 Å². The fraction of sp³-hybridized carbons (Fsp3) is 0.314. The van der Waals surface area contributed by atoms with Gasteiger partial charge >= 0.3 is 0 Å². The summed E-state index contributed by atoms with van der Waals surface area (Å²) < 4.78 is 2.32. The second-order valence-electron chi connectivity index (χ2n) is 12.7. The van der Waals surface area contributed by atoms with Gasteiger partial charge in [0.25, 0.3) is 0 Å². The molecule has 1 aliphatic heterocycles. The van der Waals surface area contributed by atoms with E-state index in [0.717, 1.165) is 12.8 Å². The van der Waals surface area contributed by atoms with E-state index >= 15 is 0 Å². The van der Waals surface area contributed by atoms with E-state index in [-0.39, 0.29) is 5.41 Å². The molecule has 0 amide bonds. The SMILES string of the molecule is [C-]#[N+]C(C)(C)Cc1cccc2cc3c4c([n+](C)ccc4c12)-c1c(c(CC(C)(C)C)c2ccccc2c1C)S3. The van der Waals surface area contributed by atoms with Crippen molar-refractivity contribution in [2.45, 2.75) is 69.7 Å². The van der Waals surface area contributed by atoms with Crippen molar-refractivity contribution in [3.05, 3.63) is 88.9 Å². The molecule has 1 aliphatic rings. The van der Waals surface area contributed by atoms with Gasteiger partial charge in [-0.15, -0.1) is 0 Å². The van der Waals surface area contributed by atoms with E-state index in [1.54, 1.807) is 0 Å². The normalized spacial score (nSPS) is 13.2. The summed E-state index contributed by atoms with van der Waals surface area (Å²) in [7, 11) is 2.19. The zero-order valence-electron chi connectivity index (χ0n) is 23.5. The van der Waals surface area contributed by atoms with E-state index < -0.39 is 5.54 Å². The molecule has 6 rings (SSSR count). The second-order valence-corrected chi connectivity index (χ2v) is 13.8. The van der Waals surface area contributed by atoms with Gasteiger partial charge in [-0.25, -0.2) is 11.1 Å². The third-order valence-corrected chi connectivity index (χ3v) is 9.12. The molecule has 1 aromatic heterocycles. The Hall–Kier alpha value is -3.35. The predicted molar refractivity (Wildman–Crippen MR) is 162 cm³/mol. The number of aryl methyl sites for hydroxylation is 2. The lowest BCUT2D eigenvalue weighted by Gasteiger charge is -2.28. The molecule has 5 aromatic rings. The summed E-state index contributed by atoms with van der Waals surface area (Å²) in [6, 6.07) is 20.3. The summed E-state index contributed by atoms with van der Waals surface area (Å²) in [6.07, 6.45) is 4.00. The maximum absolute atomic E-state index is 7.73. The lowest BCUT2D eigenvalue weighted by atomic mass is 9.82. The minimum atomic E-state index is -0.433. The third-order valence-electron chi connectivity index (χ3n) is 7.92. The Labute approximate surface area is 230 Å². The molecule has 0 spiro atoms. The van der Waals surface area contributed by atoms with Gasteiger partial charge in [0, 0.05) is 35.1 Å². The Kier molecular flexibility index (Phi) is 5.64. The van der Waals surface area contributed by atoms with E-state index in [2.05, 4.69) is 105 Å². The van der Waals surface area contributed by atoms with Crippen LogP contribution in [0, 0.1) is 18.9 Å². The van der Waals surface area contributed by atoms with Crippen molar-refractivity contribution < 1.29 is 4.57 Å². The largest absolute Gasteiger partial charge is 0.311 e. The topological polar surface area (TPSA) is 8.24 Å². The van der Waals surface area contributed by atoms with Crippen molar-refractivity contribution in [1.29, 1.82) is 0 Å². The Morgan fingerprint density at radius 2 is 1.61 bits per heavy atom. The molecular weight excluding hydrogens is 480 g/mol. The molecule has 2 nitrogen and oxygen atoms in total. The van der Waals surface area contributed by atoms with E-state index in [9.17, 15) is 0 Å². The van der Waals surface area contributed by atoms with Gasteiger partial charge < -0.3 is 4.85 Å². The number of hydrogen-bond acceptors (Lipinski definition) is 1. The molecule has 0 unspecified atom stereocenters. The van der Waals surface area contributed by atoms with Crippen molar-refractivity contribution in [2.24, 2.45) is 12.5 Å². The van der Waals surface area contributed by atoms with Gasteiger partial charge in [-0.2, -0.15) is 0 Å². The van der Waals surface area contributed by atoms with Crippen molar-refractivity contribution >= 4 is 44.1 Å². The van der Waals surface area contributed by atoms with Crippen LogP contribution in [0.2, 0.25) is 0 Å². The first kappa shape index (κ1) is 25.0. The van der Waals surface area contributed by atoms with Gasteiger partial charge in [0.1, 0.15) is 7.05 Å². The molecule has 0 fully saturated rings. The van der Waals surface area contributed by atoms with Crippen LogP contribution in [0.5, 0.6) is 0 Å². The van der Waals surface area contributed by atoms with E-state index in [4.69, 9.17) is 6.57 Å². The molecule has 38 heavy (non-hydrogen) atoms. The van der Waals surface area contributed by atoms with Crippen LogP contribution < -0.4 is 4.57 Å². The van der Waals surface area contributed by atoms with Gasteiger partial charge in [0.2, 0.25) is 11.2 Å². The van der Waals surface area contributed by atoms with Crippen LogP contribution in [-0.2, 0) is 19.9 Å². The first-order chi connectivity index (χ1) is 18.0. The van der Waals surface area contributed by atoms with Gasteiger partial charge in [0.15, 0.2) is 6.20 Å². The van der Waals surface area contributed by atoms with E-state index in [1.807, 2.05) is 25.6 Å². The average Bonchev–Trinajstić information content (AvgIpc) is 2.87. The summed E-state index contributed by atoms with van der Waals surface area (Å²) >= 11 is 1.96. The number of benzene rings is 4. The van der Waals surface area contributed by atoms with Gasteiger partial charge in [-0.3, -0.25) is 0 Å². The molecule has 4 aromatic carbocycles. The van der Waals surface area contributed by atoms with E-state index in [1.165, 1.54) is 70.1 Å². The molecule has 0 N–H and O–H groups in total. The maximum atomic E-state index is 7.73. The van der Waals surface area contributed by atoms with Crippen LogP contribution in [0.3, 0.4) is 0 Å². The predicted octanol–water partition coefficient (Wildman–Crippen LogP) is 9.24. The second kappa shape index (κ2) is 8.58. The zero-order chi connectivity index (χ0) is 27.0. The smallest absolute Gasteiger partial charge is 0.231 e. The highest BCUT2D eigenvalue weighted by Gasteiger charge is 2.34. The highest BCUT2D eigenvalue weighted by molar-refractivity contribution is 8.00. The molecule has 0 atom stereocenters. The Balaban J connectivity index is 1.76. The highest BCUT2D eigenvalue weighted by Crippen LogP contribution is 2.53. The first-order valence-corrected chi connectivity index (χ1v) is 14.3. The Morgan fingerprint density at radius 1 is 0.868 bits per heavy atom. The minimum Gasteiger partial charge on any atom is -0.311 e. The molecule has 0 bridgehead atoms. The molecule has 0 radical (unpaired) electrons. The highest BCUT2D eigenvalue weighted by atomic mass is 32.2. The summed E-state index contributed by atoms with van der Waals surface area (Å²) in [4.78, 5) is 6.67. The van der Waals surface area contributed by atoms with Crippen molar-refractivity contribution in [3.63, 3.8) is 0 Å². The summed E-state index contributed by atoms with van der Waals surface area (Å²) in [5.74, 6) is 0. The van der Waals surface area contributed by atoms with Gasteiger partial charge in [-0.1, -0.05) is 75.0 Å². The average molecular weight is 516 g/mol. The van der Waals surface area contributed by atoms with Gasteiger partial charge in [-0.05, 0) is 63.1 Å².